The van der Waals surface area contributed by atoms with Gasteiger partial charge in [0.15, 0.2) is 5.13 Å². The normalized spacial score (nSPS) is 12.3. The van der Waals surface area contributed by atoms with Crippen LogP contribution in [0.1, 0.15) is 20.8 Å². The lowest BCUT2D eigenvalue weighted by molar-refractivity contribution is -0.274. The number of nitrogens with one attached hydrogen (secondary N) is 1. The topological polar surface area (TPSA) is 60.5 Å². The minimum absolute atomic E-state index is 0.208. The molecular formula is C13H12BrF3N2O3S. The number of carbonyl (C=O) groups is 1. The average Bonchev–Trinajstić information content (AvgIpc) is 2.66. The number of amides is 1. The Labute approximate surface area is 141 Å². The fourth-order valence-electron chi connectivity index (χ4n) is 1.60. The number of halogens is 4. The molecule has 5 nitrogen and oxygen atoms in total. The van der Waals surface area contributed by atoms with E-state index < -0.39 is 18.1 Å². The summed E-state index contributed by atoms with van der Waals surface area (Å²) in [6.07, 6.45) is -5.48. The van der Waals surface area contributed by atoms with E-state index in [-0.39, 0.29) is 10.9 Å². The maximum absolute atomic E-state index is 12.3. The van der Waals surface area contributed by atoms with Gasteiger partial charge in [-0.05, 0) is 42.8 Å². The minimum atomic E-state index is -4.78. The summed E-state index contributed by atoms with van der Waals surface area (Å²) in [6, 6.07) is 2.36. The third kappa shape index (κ3) is 5.24. The summed E-state index contributed by atoms with van der Waals surface area (Å²) in [4.78, 5) is 15.8. The summed E-state index contributed by atoms with van der Waals surface area (Å²) < 4.78 is 46.6. The van der Waals surface area contributed by atoms with Gasteiger partial charge < -0.3 is 9.47 Å². The number of benzene rings is 1. The molecule has 0 atom stereocenters. The molecule has 0 aliphatic carbocycles. The molecule has 0 unspecified atom stereocenters. The molecule has 1 heterocycles. The van der Waals surface area contributed by atoms with Crippen molar-refractivity contribution in [3.63, 3.8) is 0 Å². The van der Waals surface area contributed by atoms with Crippen molar-refractivity contribution in [1.82, 2.24) is 4.98 Å². The average molecular weight is 413 g/mol. The van der Waals surface area contributed by atoms with Crippen LogP contribution in [0.15, 0.2) is 16.6 Å². The zero-order chi connectivity index (χ0) is 17.4. The van der Waals surface area contributed by atoms with Gasteiger partial charge in [-0.25, -0.2) is 9.78 Å². The van der Waals surface area contributed by atoms with E-state index in [2.05, 4.69) is 31.0 Å². The Balaban J connectivity index is 2.25. The molecule has 1 aromatic heterocycles. The predicted molar refractivity (Wildman–Crippen MR) is 83.9 cm³/mol. The zero-order valence-electron chi connectivity index (χ0n) is 12.2. The van der Waals surface area contributed by atoms with E-state index in [9.17, 15) is 18.0 Å². The molecule has 2 aromatic rings. The molecule has 126 valence electrons. The molecule has 23 heavy (non-hydrogen) atoms. The summed E-state index contributed by atoms with van der Waals surface area (Å²) in [5.41, 5.74) is -0.259. The van der Waals surface area contributed by atoms with Crippen molar-refractivity contribution >= 4 is 48.7 Å². The van der Waals surface area contributed by atoms with Gasteiger partial charge in [0.05, 0.1) is 10.2 Å². The molecule has 0 saturated carbocycles. The number of hydrogen-bond donors (Lipinski definition) is 1. The van der Waals surface area contributed by atoms with Crippen LogP contribution in [0.4, 0.5) is 23.1 Å². The number of alkyl halides is 3. The van der Waals surface area contributed by atoms with Gasteiger partial charge in [0, 0.05) is 10.5 Å². The van der Waals surface area contributed by atoms with E-state index in [1.54, 1.807) is 20.8 Å². The highest BCUT2D eigenvalue weighted by molar-refractivity contribution is 9.10. The minimum Gasteiger partial charge on any atom is -0.444 e. The van der Waals surface area contributed by atoms with Gasteiger partial charge in [-0.1, -0.05) is 11.3 Å². The molecule has 1 N–H and O–H groups in total. The quantitative estimate of drug-likeness (QED) is 0.726. The fourth-order valence-corrected chi connectivity index (χ4v) is 3.17. The Morgan fingerprint density at radius 2 is 1.96 bits per heavy atom. The van der Waals surface area contributed by atoms with Gasteiger partial charge in [0.25, 0.3) is 0 Å². The first kappa shape index (κ1) is 17.8. The van der Waals surface area contributed by atoms with Gasteiger partial charge in [-0.2, -0.15) is 0 Å². The Kier molecular flexibility index (Phi) is 4.76. The van der Waals surface area contributed by atoms with Crippen molar-refractivity contribution in [2.24, 2.45) is 0 Å². The van der Waals surface area contributed by atoms with Crippen molar-refractivity contribution in [1.29, 1.82) is 0 Å². The molecule has 0 saturated heterocycles. The highest BCUT2D eigenvalue weighted by Gasteiger charge is 2.31. The second-order valence-corrected chi connectivity index (χ2v) is 7.33. The Morgan fingerprint density at radius 3 is 2.52 bits per heavy atom. The molecule has 1 aromatic carbocycles. The summed E-state index contributed by atoms with van der Waals surface area (Å²) in [5.74, 6) is -0.371. The van der Waals surface area contributed by atoms with E-state index >= 15 is 0 Å². The molecule has 0 aliphatic rings. The molecule has 2 rings (SSSR count). The smallest absolute Gasteiger partial charge is 0.444 e. The molecule has 1 amide bonds. The molecule has 0 fully saturated rings. The number of ether oxygens (including phenoxy) is 2. The van der Waals surface area contributed by atoms with Crippen LogP contribution in [0.3, 0.4) is 0 Å². The number of fused-ring (bicyclic) bond motifs is 1. The van der Waals surface area contributed by atoms with Crippen LogP contribution >= 0.6 is 27.3 Å². The Hall–Kier alpha value is -1.55. The van der Waals surface area contributed by atoms with Gasteiger partial charge in [0.2, 0.25) is 0 Å². The second kappa shape index (κ2) is 6.16. The van der Waals surface area contributed by atoms with E-state index in [0.717, 1.165) is 17.4 Å². The van der Waals surface area contributed by atoms with E-state index in [0.29, 0.717) is 14.7 Å². The van der Waals surface area contributed by atoms with Crippen LogP contribution in [0, 0.1) is 0 Å². The molecule has 0 aliphatic heterocycles. The summed E-state index contributed by atoms with van der Waals surface area (Å²) >= 11 is 4.14. The van der Waals surface area contributed by atoms with Crippen LogP contribution in [0.2, 0.25) is 0 Å². The molecule has 10 heteroatoms. The second-order valence-electron chi connectivity index (χ2n) is 5.45. The highest BCUT2D eigenvalue weighted by atomic mass is 79.9. The SMILES string of the molecule is CC(C)(C)OC(=O)Nc1nc2c(Br)cc(OC(F)(F)F)cc2s1. The van der Waals surface area contributed by atoms with Gasteiger partial charge >= 0.3 is 12.5 Å². The molecule has 0 bridgehead atoms. The van der Waals surface area contributed by atoms with E-state index in [4.69, 9.17) is 4.74 Å². The monoisotopic (exact) mass is 412 g/mol. The largest absolute Gasteiger partial charge is 0.573 e. The number of hydrogen-bond acceptors (Lipinski definition) is 5. The summed E-state index contributed by atoms with van der Waals surface area (Å²) in [7, 11) is 0. The van der Waals surface area contributed by atoms with Crippen LogP contribution in [-0.4, -0.2) is 23.0 Å². The summed E-state index contributed by atoms with van der Waals surface area (Å²) in [5, 5.41) is 2.65. The third-order valence-electron chi connectivity index (χ3n) is 2.26. The van der Waals surface area contributed by atoms with Crippen molar-refractivity contribution in [2.75, 3.05) is 5.32 Å². The van der Waals surface area contributed by atoms with Gasteiger partial charge in [-0.15, -0.1) is 13.2 Å². The molecule has 0 radical (unpaired) electrons. The number of nitrogens with zero attached hydrogens (tertiary/aromatic N) is 1. The first-order valence-corrected chi connectivity index (χ1v) is 7.90. The lowest BCUT2D eigenvalue weighted by Gasteiger charge is -2.18. The van der Waals surface area contributed by atoms with E-state index in [1.807, 2.05) is 0 Å². The van der Waals surface area contributed by atoms with Gasteiger partial charge in [-0.3, -0.25) is 5.32 Å². The maximum atomic E-state index is 12.3. The number of aromatic nitrogens is 1. The standard InChI is InChI=1S/C13H12BrF3N2O3S/c1-12(2,3)22-11(20)19-10-18-9-7(14)4-6(5-8(9)23-10)21-13(15,16)17/h4-5H,1-3H3,(H,18,19,20). The van der Waals surface area contributed by atoms with Crippen molar-refractivity contribution in [3.8, 4) is 5.75 Å². The molecule has 0 spiro atoms. The predicted octanol–water partition coefficient (Wildman–Crippen LogP) is 5.30. The molecular weight excluding hydrogens is 401 g/mol. The fraction of sp³-hybridized carbons (Fsp3) is 0.385. The number of carbonyl (C=O) groups excluding carboxylic acids is 1. The Morgan fingerprint density at radius 1 is 1.30 bits per heavy atom. The lowest BCUT2D eigenvalue weighted by Crippen LogP contribution is -2.27. The van der Waals surface area contributed by atoms with E-state index in [1.165, 1.54) is 6.07 Å². The number of thiazole rings is 1. The summed E-state index contributed by atoms with van der Waals surface area (Å²) in [6.45, 7) is 5.13. The van der Waals surface area contributed by atoms with Crippen LogP contribution in [0.25, 0.3) is 10.2 Å². The van der Waals surface area contributed by atoms with Crippen molar-refractivity contribution in [3.05, 3.63) is 16.6 Å². The van der Waals surface area contributed by atoms with Crippen LogP contribution in [0.5, 0.6) is 5.75 Å². The lowest BCUT2D eigenvalue weighted by atomic mass is 10.2. The third-order valence-corrected chi connectivity index (χ3v) is 3.79. The highest BCUT2D eigenvalue weighted by Crippen LogP contribution is 2.36. The van der Waals surface area contributed by atoms with Crippen molar-refractivity contribution in [2.45, 2.75) is 32.7 Å². The van der Waals surface area contributed by atoms with Crippen molar-refractivity contribution < 1.29 is 27.4 Å². The van der Waals surface area contributed by atoms with Crippen LogP contribution < -0.4 is 10.1 Å². The maximum Gasteiger partial charge on any atom is 0.573 e. The number of rotatable bonds is 2. The zero-order valence-corrected chi connectivity index (χ0v) is 14.6. The number of anilines is 1. The van der Waals surface area contributed by atoms with Crippen LogP contribution in [-0.2, 0) is 4.74 Å². The first-order valence-electron chi connectivity index (χ1n) is 6.29. The van der Waals surface area contributed by atoms with Gasteiger partial charge in [0.1, 0.15) is 11.4 Å². The first-order chi connectivity index (χ1) is 10.4. The Bertz CT molecular complexity index is 740.